The van der Waals surface area contributed by atoms with Gasteiger partial charge in [0.25, 0.3) is 10.0 Å². The van der Waals surface area contributed by atoms with Crippen molar-refractivity contribution in [3.63, 3.8) is 0 Å². The molecule has 0 bridgehead atoms. The van der Waals surface area contributed by atoms with Crippen molar-refractivity contribution in [1.29, 1.82) is 0 Å². The molecule has 0 radical (unpaired) electrons. The first kappa shape index (κ1) is 18.9. The number of aromatic carboxylic acids is 1. The van der Waals surface area contributed by atoms with Crippen LogP contribution in [0.1, 0.15) is 27.9 Å². The number of benzene rings is 2. The lowest BCUT2D eigenvalue weighted by atomic mass is 10.1. The number of aromatic nitrogens is 1. The van der Waals surface area contributed by atoms with Crippen molar-refractivity contribution in [3.05, 3.63) is 77.6 Å². The van der Waals surface area contributed by atoms with Crippen LogP contribution in [-0.2, 0) is 22.9 Å². The van der Waals surface area contributed by atoms with Gasteiger partial charge in [-0.25, -0.2) is 13.2 Å². The minimum absolute atomic E-state index is 0.0212. The normalized spacial score (nSPS) is 13.0. The number of nitrogens with one attached hydrogen (secondary N) is 1. The number of rotatable bonds is 6. The van der Waals surface area contributed by atoms with Crippen molar-refractivity contribution < 1.29 is 23.1 Å². The molecule has 0 saturated carbocycles. The Morgan fingerprint density at radius 2 is 1.69 bits per heavy atom. The highest BCUT2D eigenvalue weighted by atomic mass is 32.2. The maximum Gasteiger partial charge on any atom is 0.335 e. The van der Waals surface area contributed by atoms with Crippen molar-refractivity contribution in [2.45, 2.75) is 24.2 Å². The highest BCUT2D eigenvalue weighted by Gasteiger charge is 2.26. The van der Waals surface area contributed by atoms with Gasteiger partial charge in [-0.05, 0) is 78.9 Å². The van der Waals surface area contributed by atoms with Crippen molar-refractivity contribution in [2.75, 3.05) is 4.72 Å². The Balaban J connectivity index is 1.59. The number of anilines is 1. The summed E-state index contributed by atoms with van der Waals surface area (Å²) in [6.45, 7) is 0. The number of carboxylic acids is 1. The summed E-state index contributed by atoms with van der Waals surface area (Å²) in [5.41, 5.74) is 1.82. The van der Waals surface area contributed by atoms with Crippen molar-refractivity contribution >= 4 is 21.7 Å². The summed E-state index contributed by atoms with van der Waals surface area (Å²) in [6.07, 6.45) is 5.33. The molecule has 0 spiro atoms. The number of carbonyl (C=O) groups is 1. The van der Waals surface area contributed by atoms with Crippen LogP contribution in [0.3, 0.4) is 0 Å². The molecule has 8 heteroatoms. The van der Waals surface area contributed by atoms with E-state index in [0.717, 1.165) is 12.0 Å². The van der Waals surface area contributed by atoms with Crippen LogP contribution in [0.15, 0.2) is 65.8 Å². The van der Waals surface area contributed by atoms with Gasteiger partial charge in [0, 0.05) is 18.1 Å². The van der Waals surface area contributed by atoms with Gasteiger partial charge >= 0.3 is 5.97 Å². The fraction of sp³-hybridized carbons (Fsp3) is 0.143. The molecule has 29 heavy (non-hydrogen) atoms. The molecule has 2 N–H and O–H groups in total. The van der Waals surface area contributed by atoms with Gasteiger partial charge in [0.05, 0.1) is 10.5 Å². The van der Waals surface area contributed by atoms with Gasteiger partial charge in [-0.1, -0.05) is 0 Å². The van der Waals surface area contributed by atoms with Crippen molar-refractivity contribution in [3.8, 4) is 11.5 Å². The smallest absolute Gasteiger partial charge is 0.335 e. The topological polar surface area (TPSA) is 106 Å². The molecule has 1 aromatic heterocycles. The summed E-state index contributed by atoms with van der Waals surface area (Å²) in [6, 6.07) is 12.7. The van der Waals surface area contributed by atoms with Crippen molar-refractivity contribution in [1.82, 2.24) is 4.98 Å². The highest BCUT2D eigenvalue weighted by Crippen LogP contribution is 2.31. The predicted octanol–water partition coefficient (Wildman–Crippen LogP) is 3.86. The number of nitrogens with zero attached hydrogens (tertiary/aromatic N) is 1. The zero-order valence-corrected chi connectivity index (χ0v) is 16.1. The van der Waals surface area contributed by atoms with Crippen molar-refractivity contribution in [2.24, 2.45) is 0 Å². The largest absolute Gasteiger partial charge is 0.478 e. The van der Waals surface area contributed by atoms with Crippen LogP contribution in [0.4, 0.5) is 5.69 Å². The molecule has 4 rings (SSSR count). The van der Waals surface area contributed by atoms with Crippen LogP contribution >= 0.6 is 0 Å². The zero-order valence-electron chi connectivity index (χ0n) is 15.3. The van der Waals surface area contributed by atoms with Crippen LogP contribution in [0.2, 0.25) is 0 Å². The van der Waals surface area contributed by atoms with Gasteiger partial charge in [0.2, 0.25) is 0 Å². The second-order valence-electron chi connectivity index (χ2n) is 6.69. The lowest BCUT2D eigenvalue weighted by Crippen LogP contribution is -2.16. The summed E-state index contributed by atoms with van der Waals surface area (Å²) in [4.78, 5) is 15.3. The van der Waals surface area contributed by atoms with E-state index in [9.17, 15) is 18.3 Å². The first-order valence-corrected chi connectivity index (χ1v) is 10.5. The fourth-order valence-corrected chi connectivity index (χ4v) is 4.77. The SMILES string of the molecule is O=C(O)c1cc2c(c(S(=O)(=O)Nc3ccc(Oc4ccncc4)cc3)c1)CCC2. The first-order valence-electron chi connectivity index (χ1n) is 9.02. The van der Waals surface area contributed by atoms with E-state index in [0.29, 0.717) is 35.6 Å². The van der Waals surface area contributed by atoms with Gasteiger partial charge < -0.3 is 9.84 Å². The molecule has 0 unspecified atom stereocenters. The molecule has 0 fully saturated rings. The fourth-order valence-electron chi connectivity index (χ4n) is 3.37. The quantitative estimate of drug-likeness (QED) is 0.639. The Labute approximate surface area is 168 Å². The average Bonchev–Trinajstić information content (AvgIpc) is 3.18. The highest BCUT2D eigenvalue weighted by molar-refractivity contribution is 7.92. The van der Waals surface area contributed by atoms with Gasteiger partial charge in [-0.2, -0.15) is 0 Å². The third-order valence-electron chi connectivity index (χ3n) is 4.70. The molecule has 0 atom stereocenters. The Bertz CT molecular complexity index is 1160. The molecule has 2 aromatic carbocycles. The van der Waals surface area contributed by atoms with E-state index in [2.05, 4.69) is 9.71 Å². The Morgan fingerprint density at radius 3 is 2.38 bits per heavy atom. The lowest BCUT2D eigenvalue weighted by Gasteiger charge is -2.13. The summed E-state index contributed by atoms with van der Waals surface area (Å²) < 4.78 is 34.1. The minimum atomic E-state index is -3.93. The number of carboxylic acid groups (broad SMARTS) is 1. The van der Waals surface area contributed by atoms with E-state index >= 15 is 0 Å². The number of pyridine rings is 1. The summed E-state index contributed by atoms with van der Waals surface area (Å²) in [7, 11) is -3.93. The Morgan fingerprint density at radius 1 is 1.00 bits per heavy atom. The summed E-state index contributed by atoms with van der Waals surface area (Å²) in [5.74, 6) is 0.0241. The summed E-state index contributed by atoms with van der Waals surface area (Å²) >= 11 is 0. The van der Waals surface area contributed by atoms with E-state index in [1.807, 2.05) is 0 Å². The first-order chi connectivity index (χ1) is 13.9. The van der Waals surface area contributed by atoms with Crippen LogP contribution in [0.5, 0.6) is 11.5 Å². The Hall–Kier alpha value is -3.39. The Kier molecular flexibility index (Phi) is 4.94. The van der Waals surface area contributed by atoms with Crippen LogP contribution in [-0.4, -0.2) is 24.5 Å². The van der Waals surface area contributed by atoms with Gasteiger partial charge in [0.15, 0.2) is 0 Å². The zero-order chi connectivity index (χ0) is 20.4. The molecule has 1 heterocycles. The van der Waals surface area contributed by atoms with Gasteiger partial charge in [0.1, 0.15) is 11.5 Å². The number of hydrogen-bond donors (Lipinski definition) is 2. The van der Waals surface area contributed by atoms with E-state index in [1.165, 1.54) is 6.07 Å². The monoisotopic (exact) mass is 410 g/mol. The molecule has 3 aromatic rings. The van der Waals surface area contributed by atoms with Crippen LogP contribution < -0.4 is 9.46 Å². The average molecular weight is 410 g/mol. The van der Waals surface area contributed by atoms with Crippen LogP contribution in [0.25, 0.3) is 0 Å². The number of hydrogen-bond acceptors (Lipinski definition) is 5. The molecule has 7 nitrogen and oxygen atoms in total. The molecule has 1 aliphatic carbocycles. The number of ether oxygens (including phenoxy) is 1. The van der Waals surface area contributed by atoms with E-state index in [1.54, 1.807) is 54.9 Å². The molecule has 1 aliphatic rings. The second kappa shape index (κ2) is 7.56. The van der Waals surface area contributed by atoms with Gasteiger partial charge in [-0.15, -0.1) is 0 Å². The standard InChI is InChI=1S/C21H18N2O5S/c24-21(25)15-12-14-2-1-3-19(14)20(13-15)29(26,27)23-16-4-6-17(7-5-16)28-18-8-10-22-11-9-18/h4-13,23H,1-3H2,(H,24,25). The molecular weight excluding hydrogens is 392 g/mol. The number of aryl methyl sites for hydroxylation is 1. The maximum absolute atomic E-state index is 13.0. The van der Waals surface area contributed by atoms with Gasteiger partial charge in [-0.3, -0.25) is 9.71 Å². The number of fused-ring (bicyclic) bond motifs is 1. The van der Waals surface area contributed by atoms with Crippen LogP contribution in [0, 0.1) is 0 Å². The molecule has 0 aliphatic heterocycles. The minimum Gasteiger partial charge on any atom is -0.478 e. The van der Waals surface area contributed by atoms with E-state index in [4.69, 9.17) is 4.74 Å². The predicted molar refractivity (Wildman–Crippen MR) is 107 cm³/mol. The van der Waals surface area contributed by atoms with E-state index < -0.39 is 16.0 Å². The third kappa shape index (κ3) is 4.07. The van der Waals surface area contributed by atoms with E-state index in [-0.39, 0.29) is 10.5 Å². The second-order valence-corrected chi connectivity index (χ2v) is 8.34. The summed E-state index contributed by atoms with van der Waals surface area (Å²) in [5, 5.41) is 9.31. The maximum atomic E-state index is 13.0. The molecule has 148 valence electrons. The molecule has 0 saturated heterocycles. The third-order valence-corrected chi connectivity index (χ3v) is 6.15. The lowest BCUT2D eigenvalue weighted by molar-refractivity contribution is 0.0696. The molecular formula is C21H18N2O5S. The molecule has 0 amide bonds. The number of sulfonamides is 1.